The highest BCUT2D eigenvalue weighted by Gasteiger charge is 2.26. The number of aliphatic imine (C=N–C) groups is 1. The summed E-state index contributed by atoms with van der Waals surface area (Å²) >= 11 is 0. The molecule has 2 N–H and O–H groups in total. The van der Waals surface area contributed by atoms with Crippen LogP contribution in [0.3, 0.4) is 0 Å². The third kappa shape index (κ3) is 6.19. The van der Waals surface area contributed by atoms with Gasteiger partial charge in [-0.25, -0.2) is 14.3 Å². The van der Waals surface area contributed by atoms with Crippen molar-refractivity contribution in [3.8, 4) is 6.19 Å². The number of guanidine groups is 1. The van der Waals surface area contributed by atoms with Crippen molar-refractivity contribution in [2.45, 2.75) is 31.7 Å². The molecule has 1 heterocycles. The molecular weight excluding hydrogens is 345 g/mol. The maximum Gasteiger partial charge on any atom is 0.205 e. The number of carbonyl (C=O) groups excluding carboxylic acids is 1. The number of benzene rings is 1. The molecule has 0 saturated carbocycles. The highest BCUT2D eigenvalue weighted by atomic mass is 19.1. The minimum atomic E-state index is -0.337. The number of ketones is 1. The molecule has 1 fully saturated rings. The molecule has 1 aromatic carbocycles. The van der Waals surface area contributed by atoms with Crippen LogP contribution < -0.4 is 5.73 Å². The molecule has 1 saturated heterocycles. The molecule has 1 aliphatic rings. The first-order chi connectivity index (χ1) is 13.0. The normalized spacial score (nSPS) is 15.9. The number of piperidine rings is 1. The Hall–Kier alpha value is -2.72. The Kier molecular flexibility index (Phi) is 7.96. The molecule has 0 atom stereocenters. The molecule has 1 aliphatic heterocycles. The van der Waals surface area contributed by atoms with E-state index in [4.69, 9.17) is 5.73 Å². The summed E-state index contributed by atoms with van der Waals surface area (Å²) in [5.41, 5.74) is 6.44. The molecule has 144 valence electrons. The summed E-state index contributed by atoms with van der Waals surface area (Å²) in [5.74, 6) is -0.0662. The summed E-state index contributed by atoms with van der Waals surface area (Å²) in [6.45, 7) is 6.51. The zero-order valence-electron chi connectivity index (χ0n) is 15.5. The lowest BCUT2D eigenvalue weighted by Crippen LogP contribution is -2.48. The van der Waals surface area contributed by atoms with Crippen LogP contribution in [0.4, 0.5) is 4.39 Å². The van der Waals surface area contributed by atoms with Crippen molar-refractivity contribution >= 4 is 11.7 Å². The van der Waals surface area contributed by atoms with Crippen molar-refractivity contribution in [1.29, 1.82) is 5.26 Å². The molecule has 27 heavy (non-hydrogen) atoms. The lowest BCUT2D eigenvalue weighted by Gasteiger charge is -2.35. The van der Waals surface area contributed by atoms with E-state index in [2.05, 4.69) is 22.7 Å². The van der Waals surface area contributed by atoms with Gasteiger partial charge in [-0.3, -0.25) is 4.79 Å². The predicted octanol–water partition coefficient (Wildman–Crippen LogP) is 2.54. The smallest absolute Gasteiger partial charge is 0.205 e. The van der Waals surface area contributed by atoms with Gasteiger partial charge in [0.1, 0.15) is 5.82 Å². The molecule has 0 aromatic heterocycles. The first-order valence-corrected chi connectivity index (χ1v) is 9.16. The van der Waals surface area contributed by atoms with Gasteiger partial charge in [0.25, 0.3) is 0 Å². The standard InChI is InChI=1S/C20H26FN5O/c1-2-11-24-20(23)26(15-22)18-9-13-25(14-10-18)12-3-4-19(27)16-5-7-17(21)8-6-16/h2,5-8,18H,1,3-4,9-14H2,(H2,23,24). The molecule has 2 rings (SSSR count). The molecule has 0 spiro atoms. The zero-order valence-corrected chi connectivity index (χ0v) is 15.5. The number of nitrogens with zero attached hydrogens (tertiary/aromatic N) is 4. The minimum absolute atomic E-state index is 0.0340. The Morgan fingerprint density at radius 3 is 2.67 bits per heavy atom. The first kappa shape index (κ1) is 20.6. The summed E-state index contributed by atoms with van der Waals surface area (Å²) < 4.78 is 12.9. The molecule has 7 heteroatoms. The Labute approximate surface area is 159 Å². The maximum atomic E-state index is 12.9. The van der Waals surface area contributed by atoms with E-state index in [1.165, 1.54) is 29.2 Å². The van der Waals surface area contributed by atoms with Crippen LogP contribution in [0.1, 0.15) is 36.0 Å². The van der Waals surface area contributed by atoms with Crippen LogP contribution in [0.2, 0.25) is 0 Å². The van der Waals surface area contributed by atoms with Crippen LogP contribution in [-0.4, -0.2) is 53.8 Å². The van der Waals surface area contributed by atoms with Gasteiger partial charge in [-0.05, 0) is 50.1 Å². The highest BCUT2D eigenvalue weighted by molar-refractivity contribution is 5.95. The van der Waals surface area contributed by atoms with Gasteiger partial charge in [-0.15, -0.1) is 6.58 Å². The molecule has 6 nitrogen and oxygen atoms in total. The number of nitrogens with two attached hydrogens (primary N) is 1. The van der Waals surface area contributed by atoms with Crippen LogP contribution in [0.25, 0.3) is 0 Å². The van der Waals surface area contributed by atoms with E-state index in [0.717, 1.165) is 38.9 Å². The molecule has 0 aliphatic carbocycles. The van der Waals surface area contributed by atoms with Crippen molar-refractivity contribution < 1.29 is 9.18 Å². The second kappa shape index (κ2) is 10.4. The summed E-state index contributed by atoms with van der Waals surface area (Å²) in [6.07, 6.45) is 6.61. The monoisotopic (exact) mass is 371 g/mol. The van der Waals surface area contributed by atoms with E-state index in [1.807, 2.05) is 0 Å². The van der Waals surface area contributed by atoms with Crippen LogP contribution in [0, 0.1) is 17.3 Å². The lowest BCUT2D eigenvalue weighted by atomic mass is 10.0. The van der Waals surface area contributed by atoms with Crippen LogP contribution in [0.5, 0.6) is 0 Å². The van der Waals surface area contributed by atoms with Gasteiger partial charge < -0.3 is 10.6 Å². The van der Waals surface area contributed by atoms with Gasteiger partial charge in [-0.2, -0.15) is 5.26 Å². The van der Waals surface area contributed by atoms with Gasteiger partial charge in [-0.1, -0.05) is 6.08 Å². The van der Waals surface area contributed by atoms with E-state index < -0.39 is 0 Å². The molecular formula is C20H26FN5O. The van der Waals surface area contributed by atoms with E-state index in [-0.39, 0.29) is 23.6 Å². The fraction of sp³-hybridized carbons (Fsp3) is 0.450. The summed E-state index contributed by atoms with van der Waals surface area (Å²) in [7, 11) is 0. The summed E-state index contributed by atoms with van der Waals surface area (Å²) in [6, 6.07) is 5.72. The van der Waals surface area contributed by atoms with Crippen molar-refractivity contribution in [3.05, 3.63) is 48.3 Å². The number of carbonyl (C=O) groups is 1. The molecule has 0 radical (unpaired) electrons. The van der Waals surface area contributed by atoms with E-state index in [9.17, 15) is 14.4 Å². The summed E-state index contributed by atoms with van der Waals surface area (Å²) in [5, 5.41) is 9.36. The van der Waals surface area contributed by atoms with Crippen molar-refractivity contribution in [2.75, 3.05) is 26.2 Å². The number of hydrogen-bond donors (Lipinski definition) is 1. The van der Waals surface area contributed by atoms with Crippen molar-refractivity contribution in [1.82, 2.24) is 9.80 Å². The van der Waals surface area contributed by atoms with Gasteiger partial charge in [0.2, 0.25) is 5.96 Å². The molecule has 0 amide bonds. The fourth-order valence-electron chi connectivity index (χ4n) is 3.20. The Morgan fingerprint density at radius 1 is 1.41 bits per heavy atom. The van der Waals surface area contributed by atoms with Crippen LogP contribution >= 0.6 is 0 Å². The topological polar surface area (TPSA) is 85.7 Å². The SMILES string of the molecule is C=CCN=C(N)N(C#N)C1CCN(CCCC(=O)c2ccc(F)cc2)CC1. The molecule has 0 unspecified atom stereocenters. The van der Waals surface area contributed by atoms with Gasteiger partial charge in [0.05, 0.1) is 6.54 Å². The Bertz CT molecular complexity index is 702. The molecule has 0 bridgehead atoms. The molecule has 1 aromatic rings. The van der Waals surface area contributed by atoms with E-state index >= 15 is 0 Å². The minimum Gasteiger partial charge on any atom is -0.369 e. The largest absolute Gasteiger partial charge is 0.369 e. The van der Waals surface area contributed by atoms with Gasteiger partial charge in [0, 0.05) is 31.1 Å². The maximum absolute atomic E-state index is 12.9. The first-order valence-electron chi connectivity index (χ1n) is 9.16. The second-order valence-electron chi connectivity index (χ2n) is 6.56. The third-order valence-electron chi connectivity index (χ3n) is 4.70. The number of halogens is 1. The fourth-order valence-corrected chi connectivity index (χ4v) is 3.20. The lowest BCUT2D eigenvalue weighted by molar-refractivity contribution is 0.0970. The zero-order chi connectivity index (χ0) is 19.6. The number of Topliss-reactive ketones (excluding diaryl/α,β-unsaturated/α-hetero) is 1. The van der Waals surface area contributed by atoms with Crippen molar-refractivity contribution in [3.63, 3.8) is 0 Å². The van der Waals surface area contributed by atoms with E-state index in [1.54, 1.807) is 6.08 Å². The number of rotatable bonds is 8. The quantitative estimate of drug-likeness (QED) is 0.190. The Balaban J connectivity index is 1.74. The Morgan fingerprint density at radius 2 is 2.07 bits per heavy atom. The van der Waals surface area contributed by atoms with Crippen LogP contribution in [-0.2, 0) is 0 Å². The number of likely N-dealkylation sites (tertiary alicyclic amines) is 1. The number of hydrogen-bond acceptors (Lipinski definition) is 4. The second-order valence-corrected chi connectivity index (χ2v) is 6.56. The van der Waals surface area contributed by atoms with Crippen LogP contribution in [0.15, 0.2) is 41.9 Å². The third-order valence-corrected chi connectivity index (χ3v) is 4.70. The van der Waals surface area contributed by atoms with E-state index in [0.29, 0.717) is 18.5 Å². The predicted molar refractivity (Wildman–Crippen MR) is 104 cm³/mol. The highest BCUT2D eigenvalue weighted by Crippen LogP contribution is 2.17. The number of nitriles is 1. The summed E-state index contributed by atoms with van der Waals surface area (Å²) in [4.78, 5) is 20.0. The average Bonchev–Trinajstić information content (AvgIpc) is 2.68. The van der Waals surface area contributed by atoms with Gasteiger partial charge in [0.15, 0.2) is 12.0 Å². The van der Waals surface area contributed by atoms with Gasteiger partial charge >= 0.3 is 0 Å². The average molecular weight is 371 g/mol. The van der Waals surface area contributed by atoms with Crippen molar-refractivity contribution in [2.24, 2.45) is 10.7 Å².